The molecule has 0 N–H and O–H groups in total. The number of hydrogen-bond acceptors (Lipinski definition) is 5. The van der Waals surface area contributed by atoms with E-state index in [0.717, 1.165) is 122 Å². The minimum atomic E-state index is 0.527. The molecule has 0 amide bonds. The first-order valence-corrected chi connectivity index (χ1v) is 27.0. The zero-order valence-electron chi connectivity index (χ0n) is 43.6. The number of furan rings is 1. The number of aromatic nitrogens is 3. The molecule has 0 aliphatic heterocycles. The van der Waals surface area contributed by atoms with Gasteiger partial charge >= 0.3 is 0 Å². The first-order chi connectivity index (χ1) is 39.7. The van der Waals surface area contributed by atoms with Crippen LogP contribution in [0.5, 0.6) is 0 Å². The summed E-state index contributed by atoms with van der Waals surface area (Å²) in [5.41, 5.74) is 19.7. The van der Waals surface area contributed by atoms with Gasteiger partial charge in [-0.25, -0.2) is 15.0 Å². The van der Waals surface area contributed by atoms with Crippen LogP contribution in [-0.2, 0) is 0 Å². The summed E-state index contributed by atoms with van der Waals surface area (Å²) in [7, 11) is 0. The standard InChI is InChI=1S/C75H50N4O/c1-8-25-51(26-9-1)52-43-47-60(48-44-52)79(61-49-45-53(46-50-61)62-40-24-41-64-63-39-22-23-42-65(63)80-72(62)64)71-69(57-33-16-5-17-34-57)67(55-29-12-3-13-30-55)66(54-27-10-2-11-28-54)68(56-31-14-4-15-32-56)70(71)75-77-73(58-35-18-6-19-36-58)76-74(78-75)59-37-20-7-21-38-59/h1-50H. The molecule has 0 saturated carbocycles. The number of anilines is 3. The Kier molecular flexibility index (Phi) is 12.5. The van der Waals surface area contributed by atoms with Gasteiger partial charge in [-0.2, -0.15) is 0 Å². The second kappa shape index (κ2) is 21.0. The van der Waals surface area contributed by atoms with E-state index in [4.69, 9.17) is 19.4 Å². The molecular formula is C75H50N4O. The minimum absolute atomic E-state index is 0.527. The predicted octanol–water partition coefficient (Wildman–Crippen LogP) is 20.2. The van der Waals surface area contributed by atoms with Crippen molar-refractivity contribution in [3.63, 3.8) is 0 Å². The molecule has 14 aromatic rings. The van der Waals surface area contributed by atoms with Gasteiger partial charge in [0.15, 0.2) is 17.5 Å². The fourth-order valence-electron chi connectivity index (χ4n) is 11.3. The van der Waals surface area contributed by atoms with Gasteiger partial charge in [0.1, 0.15) is 11.2 Å². The monoisotopic (exact) mass is 1020 g/mol. The van der Waals surface area contributed by atoms with Crippen molar-refractivity contribution >= 4 is 39.0 Å². The van der Waals surface area contributed by atoms with Crippen molar-refractivity contribution in [1.82, 2.24) is 15.0 Å². The quantitative estimate of drug-likeness (QED) is 0.122. The Morgan fingerprint density at radius 3 is 1.07 bits per heavy atom. The molecule has 0 radical (unpaired) electrons. The van der Waals surface area contributed by atoms with Gasteiger partial charge in [0.2, 0.25) is 0 Å². The van der Waals surface area contributed by atoms with Gasteiger partial charge in [0.05, 0.1) is 11.3 Å². The van der Waals surface area contributed by atoms with E-state index in [2.05, 4.69) is 260 Å². The average Bonchev–Trinajstić information content (AvgIpc) is 4.03. The first-order valence-electron chi connectivity index (χ1n) is 27.0. The molecule has 14 rings (SSSR count). The van der Waals surface area contributed by atoms with Crippen LogP contribution in [-0.4, -0.2) is 15.0 Å². The fourth-order valence-corrected chi connectivity index (χ4v) is 11.3. The van der Waals surface area contributed by atoms with E-state index in [1.54, 1.807) is 0 Å². The third kappa shape index (κ3) is 8.89. The average molecular weight is 1020 g/mol. The van der Waals surface area contributed by atoms with E-state index in [9.17, 15) is 0 Å². The number of fused-ring (bicyclic) bond motifs is 3. The molecule has 0 fully saturated rings. The van der Waals surface area contributed by atoms with Crippen molar-refractivity contribution < 1.29 is 4.42 Å². The van der Waals surface area contributed by atoms with E-state index in [1.807, 2.05) is 48.5 Å². The van der Waals surface area contributed by atoms with Gasteiger partial charge in [-0.15, -0.1) is 0 Å². The molecule has 2 aromatic heterocycles. The van der Waals surface area contributed by atoms with Gasteiger partial charge in [0, 0.05) is 55.5 Å². The molecule has 0 unspecified atom stereocenters. The number of rotatable bonds is 12. The largest absolute Gasteiger partial charge is 0.455 e. The van der Waals surface area contributed by atoms with Gasteiger partial charge in [-0.3, -0.25) is 0 Å². The number of hydrogen-bond donors (Lipinski definition) is 0. The Morgan fingerprint density at radius 2 is 0.588 bits per heavy atom. The van der Waals surface area contributed by atoms with Crippen molar-refractivity contribution in [2.45, 2.75) is 0 Å². The lowest BCUT2D eigenvalue weighted by atomic mass is 9.78. The maximum absolute atomic E-state index is 6.64. The minimum Gasteiger partial charge on any atom is -0.455 e. The zero-order chi connectivity index (χ0) is 53.2. The topological polar surface area (TPSA) is 55.1 Å². The van der Waals surface area contributed by atoms with Gasteiger partial charge < -0.3 is 9.32 Å². The van der Waals surface area contributed by atoms with E-state index >= 15 is 0 Å². The SMILES string of the molecule is c1ccc(-c2ccc(N(c3ccc(-c4cccc5c4oc4ccccc45)cc3)c3c(-c4ccccc4)c(-c4ccccc4)c(-c4ccccc4)c(-c4ccccc4)c3-c3nc(-c4ccccc4)nc(-c4ccccc4)n3)cc2)cc1. The van der Waals surface area contributed by atoms with Gasteiger partial charge in [-0.1, -0.05) is 273 Å². The summed E-state index contributed by atoms with van der Waals surface area (Å²) >= 11 is 0. The Bertz CT molecular complexity index is 4400. The summed E-state index contributed by atoms with van der Waals surface area (Å²) in [6.07, 6.45) is 0. The molecule has 0 aliphatic carbocycles. The van der Waals surface area contributed by atoms with E-state index in [0.29, 0.717) is 17.5 Å². The first kappa shape index (κ1) is 47.7. The summed E-state index contributed by atoms with van der Waals surface area (Å²) in [6.45, 7) is 0. The van der Waals surface area contributed by atoms with E-state index < -0.39 is 0 Å². The lowest BCUT2D eigenvalue weighted by Gasteiger charge is -2.34. The third-order valence-electron chi connectivity index (χ3n) is 14.9. The van der Waals surface area contributed by atoms with Crippen LogP contribution in [0.1, 0.15) is 0 Å². The van der Waals surface area contributed by atoms with Crippen LogP contribution in [0.25, 0.3) is 123 Å². The highest BCUT2D eigenvalue weighted by Crippen LogP contribution is 2.58. The Balaban J connectivity index is 1.17. The Morgan fingerprint density at radius 1 is 0.237 bits per heavy atom. The highest BCUT2D eigenvalue weighted by molar-refractivity contribution is 6.16. The fraction of sp³-hybridized carbons (Fsp3) is 0. The molecule has 0 atom stereocenters. The molecule has 2 heterocycles. The smallest absolute Gasteiger partial charge is 0.166 e. The summed E-state index contributed by atoms with van der Waals surface area (Å²) in [5.74, 6) is 1.66. The molecule has 0 spiro atoms. The molecule has 376 valence electrons. The van der Waals surface area contributed by atoms with Crippen molar-refractivity contribution in [2.75, 3.05) is 4.90 Å². The van der Waals surface area contributed by atoms with Crippen LogP contribution in [0.4, 0.5) is 17.1 Å². The molecule has 0 bridgehead atoms. The number of para-hydroxylation sites is 2. The number of nitrogens with zero attached hydrogens (tertiary/aromatic N) is 4. The summed E-state index contributed by atoms with van der Waals surface area (Å²) in [4.78, 5) is 19.1. The summed E-state index contributed by atoms with van der Waals surface area (Å²) in [6, 6.07) is 107. The van der Waals surface area contributed by atoms with E-state index in [-0.39, 0.29) is 0 Å². The summed E-state index contributed by atoms with van der Waals surface area (Å²) in [5, 5.41) is 2.18. The lowest BCUT2D eigenvalue weighted by molar-refractivity contribution is 0.670. The molecule has 80 heavy (non-hydrogen) atoms. The van der Waals surface area contributed by atoms with Crippen LogP contribution in [0, 0.1) is 0 Å². The second-order valence-corrected chi connectivity index (χ2v) is 19.8. The predicted molar refractivity (Wildman–Crippen MR) is 331 cm³/mol. The second-order valence-electron chi connectivity index (χ2n) is 19.8. The maximum Gasteiger partial charge on any atom is 0.166 e. The Labute approximate surface area is 465 Å². The molecule has 5 heteroatoms. The Hall–Kier alpha value is -10.8. The molecule has 12 aromatic carbocycles. The number of benzene rings is 12. The van der Waals surface area contributed by atoms with Crippen molar-refractivity contribution in [1.29, 1.82) is 0 Å². The molecule has 0 saturated heterocycles. The van der Waals surface area contributed by atoms with Crippen molar-refractivity contribution in [3.8, 4) is 101 Å². The van der Waals surface area contributed by atoms with Gasteiger partial charge in [0.25, 0.3) is 0 Å². The lowest BCUT2D eigenvalue weighted by Crippen LogP contribution is -2.16. The highest BCUT2D eigenvalue weighted by Gasteiger charge is 2.34. The van der Waals surface area contributed by atoms with Gasteiger partial charge in [-0.05, 0) is 74.8 Å². The highest BCUT2D eigenvalue weighted by atomic mass is 16.3. The van der Waals surface area contributed by atoms with Crippen molar-refractivity contribution in [2.24, 2.45) is 0 Å². The van der Waals surface area contributed by atoms with Crippen LogP contribution >= 0.6 is 0 Å². The summed E-state index contributed by atoms with van der Waals surface area (Å²) < 4.78 is 6.64. The normalized spacial score (nSPS) is 11.2. The van der Waals surface area contributed by atoms with Crippen LogP contribution in [0.2, 0.25) is 0 Å². The maximum atomic E-state index is 6.64. The molecule has 0 aliphatic rings. The third-order valence-corrected chi connectivity index (χ3v) is 14.9. The molecule has 5 nitrogen and oxygen atoms in total. The van der Waals surface area contributed by atoms with E-state index in [1.165, 1.54) is 0 Å². The zero-order valence-corrected chi connectivity index (χ0v) is 43.6. The van der Waals surface area contributed by atoms with Crippen LogP contribution in [0.3, 0.4) is 0 Å². The molecular weight excluding hydrogens is 973 g/mol. The van der Waals surface area contributed by atoms with Crippen molar-refractivity contribution in [3.05, 3.63) is 303 Å². The van der Waals surface area contributed by atoms with Crippen LogP contribution < -0.4 is 4.90 Å². The van der Waals surface area contributed by atoms with Crippen LogP contribution in [0.15, 0.2) is 308 Å².